The Balaban J connectivity index is 2.33. The molecule has 1 unspecified atom stereocenters. The maximum Gasteiger partial charge on any atom is 0.354 e. The van der Waals surface area contributed by atoms with E-state index >= 15 is 0 Å². The minimum absolute atomic E-state index is 0.0925. The van der Waals surface area contributed by atoms with Gasteiger partial charge in [-0.15, -0.1) is 0 Å². The fourth-order valence-electron chi connectivity index (χ4n) is 2.72. The summed E-state index contributed by atoms with van der Waals surface area (Å²) in [6.07, 6.45) is 1.34. The molecule has 0 saturated carbocycles. The van der Waals surface area contributed by atoms with E-state index in [9.17, 15) is 9.59 Å². The van der Waals surface area contributed by atoms with Crippen LogP contribution in [0.25, 0.3) is 0 Å². The first-order valence-electron chi connectivity index (χ1n) is 7.43. The largest absolute Gasteiger partial charge is 0.477 e. The minimum Gasteiger partial charge on any atom is -0.477 e. The van der Waals surface area contributed by atoms with Gasteiger partial charge in [-0.1, -0.05) is 44.2 Å². The molecule has 1 atom stereocenters. The second-order valence-corrected chi connectivity index (χ2v) is 5.75. The molecule has 0 aliphatic heterocycles. The number of aromatic carboxylic acids is 1. The van der Waals surface area contributed by atoms with Crippen LogP contribution in [0.4, 0.5) is 0 Å². The van der Waals surface area contributed by atoms with Crippen molar-refractivity contribution < 1.29 is 14.7 Å². The van der Waals surface area contributed by atoms with Crippen molar-refractivity contribution in [2.45, 2.75) is 19.9 Å². The van der Waals surface area contributed by atoms with Gasteiger partial charge in [-0.3, -0.25) is 4.79 Å². The van der Waals surface area contributed by atoms with E-state index in [2.05, 4.69) is 18.8 Å². The van der Waals surface area contributed by atoms with Crippen LogP contribution in [0.1, 0.15) is 46.3 Å². The predicted molar refractivity (Wildman–Crippen MR) is 87.3 cm³/mol. The zero-order valence-corrected chi connectivity index (χ0v) is 13.4. The highest BCUT2D eigenvalue weighted by Crippen LogP contribution is 2.28. The van der Waals surface area contributed by atoms with Crippen LogP contribution in [-0.4, -0.2) is 33.9 Å². The van der Waals surface area contributed by atoms with Crippen molar-refractivity contribution >= 4 is 11.9 Å². The Morgan fingerprint density at radius 3 is 2.35 bits per heavy atom. The molecule has 23 heavy (non-hydrogen) atoms. The van der Waals surface area contributed by atoms with Crippen molar-refractivity contribution in [1.82, 2.24) is 9.88 Å². The SMILES string of the molecule is CC(C)C(c1ccccc1)N(C)C(=O)c1ccnc(C(=O)O)c1. The molecule has 1 aromatic heterocycles. The molecule has 120 valence electrons. The number of rotatable bonds is 5. The first kappa shape index (κ1) is 16.7. The first-order chi connectivity index (χ1) is 10.9. The van der Waals surface area contributed by atoms with Gasteiger partial charge in [0.2, 0.25) is 0 Å². The minimum atomic E-state index is -1.15. The average molecular weight is 312 g/mol. The number of aromatic nitrogens is 1. The van der Waals surface area contributed by atoms with Crippen LogP contribution in [0.5, 0.6) is 0 Å². The number of pyridine rings is 1. The monoisotopic (exact) mass is 312 g/mol. The van der Waals surface area contributed by atoms with E-state index in [1.165, 1.54) is 18.3 Å². The lowest BCUT2D eigenvalue weighted by Crippen LogP contribution is -2.34. The Morgan fingerprint density at radius 1 is 1.13 bits per heavy atom. The Morgan fingerprint density at radius 2 is 1.78 bits per heavy atom. The first-order valence-corrected chi connectivity index (χ1v) is 7.43. The van der Waals surface area contributed by atoms with Crippen LogP contribution in [0, 0.1) is 5.92 Å². The van der Waals surface area contributed by atoms with E-state index < -0.39 is 5.97 Å². The third kappa shape index (κ3) is 3.74. The number of benzene rings is 1. The molecule has 5 nitrogen and oxygen atoms in total. The summed E-state index contributed by atoms with van der Waals surface area (Å²) in [5.41, 5.74) is 1.23. The number of amides is 1. The molecule has 0 aliphatic carbocycles. The number of carboxylic acids is 1. The Bertz CT molecular complexity index is 698. The lowest BCUT2D eigenvalue weighted by atomic mass is 9.94. The summed E-state index contributed by atoms with van der Waals surface area (Å²) in [5.74, 6) is -1.16. The van der Waals surface area contributed by atoms with Gasteiger partial charge in [0.1, 0.15) is 5.69 Å². The highest BCUT2D eigenvalue weighted by atomic mass is 16.4. The molecule has 0 fully saturated rings. The van der Waals surface area contributed by atoms with E-state index in [0.717, 1.165) is 5.56 Å². The standard InChI is InChI=1S/C18H20N2O3/c1-12(2)16(13-7-5-4-6-8-13)20(3)17(21)14-9-10-19-15(11-14)18(22)23/h4-12,16H,1-3H3,(H,22,23). The van der Waals surface area contributed by atoms with Gasteiger partial charge in [0.25, 0.3) is 5.91 Å². The van der Waals surface area contributed by atoms with Crippen molar-refractivity contribution in [3.63, 3.8) is 0 Å². The maximum absolute atomic E-state index is 12.7. The van der Waals surface area contributed by atoms with Crippen LogP contribution in [0.15, 0.2) is 48.7 Å². The number of hydrogen-bond donors (Lipinski definition) is 1. The van der Waals surface area contributed by atoms with Gasteiger partial charge in [-0.05, 0) is 23.6 Å². The number of hydrogen-bond acceptors (Lipinski definition) is 3. The van der Waals surface area contributed by atoms with E-state index in [1.807, 2.05) is 30.3 Å². The van der Waals surface area contributed by atoms with Gasteiger partial charge in [0.05, 0.1) is 6.04 Å². The summed E-state index contributed by atoms with van der Waals surface area (Å²) in [6.45, 7) is 4.10. The molecule has 1 heterocycles. The second kappa shape index (κ2) is 7.05. The van der Waals surface area contributed by atoms with Crippen molar-refractivity contribution in [2.24, 2.45) is 5.92 Å². The molecule has 5 heteroatoms. The Hall–Kier alpha value is -2.69. The molecule has 1 N–H and O–H groups in total. The quantitative estimate of drug-likeness (QED) is 0.920. The zero-order chi connectivity index (χ0) is 17.0. The fourth-order valence-corrected chi connectivity index (χ4v) is 2.72. The summed E-state index contributed by atoms with van der Waals surface area (Å²) in [6, 6.07) is 12.6. The van der Waals surface area contributed by atoms with Gasteiger partial charge in [0, 0.05) is 18.8 Å². The third-order valence-electron chi connectivity index (χ3n) is 3.74. The van der Waals surface area contributed by atoms with Gasteiger partial charge < -0.3 is 10.0 Å². The van der Waals surface area contributed by atoms with Crippen LogP contribution in [-0.2, 0) is 0 Å². The van der Waals surface area contributed by atoms with Crippen molar-refractivity contribution in [3.05, 3.63) is 65.5 Å². The van der Waals surface area contributed by atoms with Crippen molar-refractivity contribution in [2.75, 3.05) is 7.05 Å². The molecule has 0 spiro atoms. The van der Waals surface area contributed by atoms with Gasteiger partial charge >= 0.3 is 5.97 Å². The summed E-state index contributed by atoms with van der Waals surface area (Å²) in [5, 5.41) is 9.02. The number of carbonyl (C=O) groups is 2. The lowest BCUT2D eigenvalue weighted by Gasteiger charge is -2.32. The van der Waals surface area contributed by atoms with Crippen LogP contribution in [0.3, 0.4) is 0 Å². The normalized spacial score (nSPS) is 12.0. The van der Waals surface area contributed by atoms with Gasteiger partial charge in [-0.25, -0.2) is 9.78 Å². The Labute approximate surface area is 135 Å². The average Bonchev–Trinajstić information content (AvgIpc) is 2.55. The zero-order valence-electron chi connectivity index (χ0n) is 13.4. The Kier molecular flexibility index (Phi) is 5.11. The number of carbonyl (C=O) groups excluding carboxylic acids is 1. The molecule has 1 amide bonds. The molecular weight excluding hydrogens is 292 g/mol. The predicted octanol–water partition coefficient (Wildman–Crippen LogP) is 3.25. The molecular formula is C18H20N2O3. The molecule has 2 rings (SSSR count). The molecule has 0 saturated heterocycles. The van der Waals surface area contributed by atoms with E-state index in [4.69, 9.17) is 5.11 Å². The highest BCUT2D eigenvalue weighted by molar-refractivity contribution is 5.96. The highest BCUT2D eigenvalue weighted by Gasteiger charge is 2.25. The summed E-state index contributed by atoms with van der Waals surface area (Å²) in [4.78, 5) is 29.2. The van der Waals surface area contributed by atoms with Crippen LogP contribution in [0.2, 0.25) is 0 Å². The lowest BCUT2D eigenvalue weighted by molar-refractivity contribution is 0.0686. The summed E-state index contributed by atoms with van der Waals surface area (Å²) < 4.78 is 0. The van der Waals surface area contributed by atoms with Crippen molar-refractivity contribution in [1.29, 1.82) is 0 Å². The summed E-state index contributed by atoms with van der Waals surface area (Å²) >= 11 is 0. The third-order valence-corrected chi connectivity index (χ3v) is 3.74. The molecule has 2 aromatic rings. The topological polar surface area (TPSA) is 70.5 Å². The van der Waals surface area contributed by atoms with Gasteiger partial charge in [0.15, 0.2) is 0 Å². The number of carboxylic acid groups (broad SMARTS) is 1. The second-order valence-electron chi connectivity index (χ2n) is 5.75. The maximum atomic E-state index is 12.7. The van der Waals surface area contributed by atoms with Crippen LogP contribution >= 0.6 is 0 Å². The fraction of sp³-hybridized carbons (Fsp3) is 0.278. The molecule has 0 bridgehead atoms. The molecule has 0 radical (unpaired) electrons. The smallest absolute Gasteiger partial charge is 0.354 e. The van der Waals surface area contributed by atoms with Gasteiger partial charge in [-0.2, -0.15) is 0 Å². The van der Waals surface area contributed by atoms with E-state index in [-0.39, 0.29) is 23.6 Å². The van der Waals surface area contributed by atoms with E-state index in [1.54, 1.807) is 11.9 Å². The van der Waals surface area contributed by atoms with E-state index in [0.29, 0.717) is 5.56 Å². The number of nitrogens with zero attached hydrogens (tertiary/aromatic N) is 2. The van der Waals surface area contributed by atoms with Crippen LogP contribution < -0.4 is 0 Å². The molecule has 0 aliphatic rings. The summed E-state index contributed by atoms with van der Waals surface area (Å²) in [7, 11) is 1.74. The van der Waals surface area contributed by atoms with Crippen molar-refractivity contribution in [3.8, 4) is 0 Å². The molecule has 1 aromatic carbocycles.